The molecule has 3 rings (SSSR count). The molecule has 10 heteroatoms. The van der Waals surface area contributed by atoms with Crippen molar-refractivity contribution in [3.8, 4) is 0 Å². The molecule has 1 fully saturated rings. The number of hydrogen-bond acceptors (Lipinski definition) is 4. The van der Waals surface area contributed by atoms with Crippen molar-refractivity contribution in [3.63, 3.8) is 0 Å². The lowest BCUT2D eigenvalue weighted by atomic mass is 10.1. The second-order valence-electron chi connectivity index (χ2n) is 7.49. The first kappa shape index (κ1) is 23.1. The number of amides is 3. The Kier molecular flexibility index (Phi) is 6.71. The lowest BCUT2D eigenvalue weighted by Crippen LogP contribution is -2.48. The zero-order valence-electron chi connectivity index (χ0n) is 17.6. The van der Waals surface area contributed by atoms with Crippen LogP contribution in [0.2, 0.25) is 0 Å². The molecule has 0 saturated carbocycles. The van der Waals surface area contributed by atoms with Gasteiger partial charge >= 0.3 is 6.18 Å². The smallest absolute Gasteiger partial charge is 0.368 e. The van der Waals surface area contributed by atoms with E-state index in [0.29, 0.717) is 43.2 Å². The van der Waals surface area contributed by atoms with Gasteiger partial charge in [-0.05, 0) is 36.4 Å². The maximum Gasteiger partial charge on any atom is 0.416 e. The molecule has 1 heterocycles. The average molecular weight is 448 g/mol. The van der Waals surface area contributed by atoms with Gasteiger partial charge in [0.25, 0.3) is 5.91 Å². The van der Waals surface area contributed by atoms with Crippen LogP contribution in [0.4, 0.5) is 30.2 Å². The molecule has 0 aliphatic carbocycles. The minimum absolute atomic E-state index is 0.285. The molecule has 1 aliphatic heterocycles. The van der Waals surface area contributed by atoms with Crippen molar-refractivity contribution in [1.82, 2.24) is 4.90 Å². The number of benzene rings is 2. The van der Waals surface area contributed by atoms with Crippen LogP contribution in [0.5, 0.6) is 0 Å². The number of rotatable bonds is 4. The molecule has 170 valence electrons. The minimum atomic E-state index is -4.42. The first-order valence-corrected chi connectivity index (χ1v) is 9.94. The predicted molar refractivity (Wildman–Crippen MR) is 115 cm³/mol. The molecule has 2 aromatic carbocycles. The first-order chi connectivity index (χ1) is 15.0. The number of nitrogens with one attached hydrogen (secondary N) is 2. The van der Waals surface area contributed by atoms with Crippen molar-refractivity contribution < 1.29 is 27.6 Å². The largest absolute Gasteiger partial charge is 0.416 e. The van der Waals surface area contributed by atoms with Crippen LogP contribution < -0.4 is 15.5 Å². The summed E-state index contributed by atoms with van der Waals surface area (Å²) in [5.74, 6) is -0.941. The molecule has 1 aliphatic rings. The summed E-state index contributed by atoms with van der Waals surface area (Å²) in [5, 5.41) is 5.20. The lowest BCUT2D eigenvalue weighted by molar-refractivity contribution is -0.137. The van der Waals surface area contributed by atoms with Gasteiger partial charge in [-0.1, -0.05) is 6.07 Å². The molecule has 7 nitrogen and oxygen atoms in total. The number of carbonyl (C=O) groups is 3. The molecule has 2 aromatic rings. The van der Waals surface area contributed by atoms with Gasteiger partial charge in [0, 0.05) is 62.7 Å². The summed E-state index contributed by atoms with van der Waals surface area (Å²) in [7, 11) is 0. The van der Waals surface area contributed by atoms with E-state index in [1.807, 2.05) is 0 Å². The monoisotopic (exact) mass is 448 g/mol. The molecule has 1 saturated heterocycles. The van der Waals surface area contributed by atoms with E-state index in [4.69, 9.17) is 0 Å². The molecule has 0 spiro atoms. The van der Waals surface area contributed by atoms with Crippen molar-refractivity contribution in [2.75, 3.05) is 41.7 Å². The predicted octanol–water partition coefficient (Wildman–Crippen LogP) is 3.58. The summed E-state index contributed by atoms with van der Waals surface area (Å²) < 4.78 is 39.0. The van der Waals surface area contributed by atoms with Crippen LogP contribution in [-0.4, -0.2) is 48.8 Å². The van der Waals surface area contributed by atoms with Gasteiger partial charge in [-0.15, -0.1) is 0 Å². The number of piperazine rings is 1. The van der Waals surface area contributed by atoms with Gasteiger partial charge in [0.2, 0.25) is 11.8 Å². The van der Waals surface area contributed by atoms with Crippen molar-refractivity contribution in [3.05, 3.63) is 53.6 Å². The Morgan fingerprint density at radius 2 is 1.41 bits per heavy atom. The Labute approximate surface area is 183 Å². The van der Waals surface area contributed by atoms with E-state index >= 15 is 0 Å². The van der Waals surface area contributed by atoms with Crippen molar-refractivity contribution in [1.29, 1.82) is 0 Å². The highest BCUT2D eigenvalue weighted by Crippen LogP contribution is 2.32. The summed E-state index contributed by atoms with van der Waals surface area (Å²) in [4.78, 5) is 39.3. The van der Waals surface area contributed by atoms with Gasteiger partial charge in [-0.25, -0.2) is 0 Å². The standard InChI is InChI=1S/C22H23F3N4O3/c1-14(30)26-18-10-16(11-19(13-18)27-15(2)31)21(32)29-8-6-28(7-9-29)20-5-3-4-17(12-20)22(23,24)25/h3-5,10-13H,6-9H2,1-2H3,(H,26,30)(H,27,31). The molecular weight excluding hydrogens is 425 g/mol. The van der Waals surface area contributed by atoms with Gasteiger partial charge in [0.1, 0.15) is 0 Å². The van der Waals surface area contributed by atoms with Gasteiger partial charge in [0.15, 0.2) is 0 Å². The highest BCUT2D eigenvalue weighted by molar-refractivity contribution is 6.00. The van der Waals surface area contributed by atoms with Crippen molar-refractivity contribution in [2.45, 2.75) is 20.0 Å². The van der Waals surface area contributed by atoms with E-state index < -0.39 is 11.7 Å². The molecule has 0 atom stereocenters. The summed E-state index contributed by atoms with van der Waals surface area (Å²) >= 11 is 0. The fraction of sp³-hybridized carbons (Fsp3) is 0.318. The number of nitrogens with zero attached hydrogens (tertiary/aromatic N) is 2. The molecular formula is C22H23F3N4O3. The highest BCUT2D eigenvalue weighted by Gasteiger charge is 2.31. The number of alkyl halides is 3. The zero-order valence-corrected chi connectivity index (χ0v) is 17.6. The SMILES string of the molecule is CC(=O)Nc1cc(NC(C)=O)cc(C(=O)N2CCN(c3cccc(C(F)(F)F)c3)CC2)c1. The minimum Gasteiger partial charge on any atom is -0.368 e. The average Bonchev–Trinajstić information content (AvgIpc) is 2.71. The summed E-state index contributed by atoms with van der Waals surface area (Å²) in [5.41, 5.74) is 0.762. The maximum atomic E-state index is 13.0. The van der Waals surface area contributed by atoms with Crippen LogP contribution in [0.25, 0.3) is 0 Å². The fourth-order valence-electron chi connectivity index (χ4n) is 3.53. The van der Waals surface area contributed by atoms with Crippen LogP contribution in [-0.2, 0) is 15.8 Å². The van der Waals surface area contributed by atoms with E-state index in [1.54, 1.807) is 21.9 Å². The second kappa shape index (κ2) is 9.29. The Balaban J connectivity index is 1.73. The fourth-order valence-corrected chi connectivity index (χ4v) is 3.53. The molecule has 32 heavy (non-hydrogen) atoms. The van der Waals surface area contributed by atoms with Gasteiger partial charge in [0.05, 0.1) is 5.56 Å². The molecule has 0 radical (unpaired) electrons. The van der Waals surface area contributed by atoms with Gasteiger partial charge in [-0.2, -0.15) is 13.2 Å². The summed E-state index contributed by atoms with van der Waals surface area (Å²) in [6.45, 7) is 4.04. The first-order valence-electron chi connectivity index (χ1n) is 9.94. The van der Waals surface area contributed by atoms with E-state index in [-0.39, 0.29) is 23.3 Å². The number of hydrogen-bond donors (Lipinski definition) is 2. The normalized spacial score (nSPS) is 14.2. The number of halogens is 3. The topological polar surface area (TPSA) is 81.8 Å². The van der Waals surface area contributed by atoms with Crippen LogP contribution in [0.3, 0.4) is 0 Å². The molecule has 3 amide bonds. The number of carbonyl (C=O) groups excluding carboxylic acids is 3. The summed E-state index contributed by atoms with van der Waals surface area (Å²) in [6.07, 6.45) is -4.42. The third kappa shape index (κ3) is 5.77. The number of anilines is 3. The van der Waals surface area contributed by atoms with E-state index in [1.165, 1.54) is 32.0 Å². The Hall–Kier alpha value is -3.56. The van der Waals surface area contributed by atoms with Crippen molar-refractivity contribution in [2.24, 2.45) is 0 Å². The van der Waals surface area contributed by atoms with Crippen LogP contribution in [0.1, 0.15) is 29.8 Å². The lowest BCUT2D eigenvalue weighted by Gasteiger charge is -2.36. The Morgan fingerprint density at radius 3 is 1.91 bits per heavy atom. The van der Waals surface area contributed by atoms with E-state index in [2.05, 4.69) is 10.6 Å². The van der Waals surface area contributed by atoms with Crippen LogP contribution in [0, 0.1) is 0 Å². The molecule has 0 unspecified atom stereocenters. The third-order valence-electron chi connectivity index (χ3n) is 4.93. The molecule has 0 aromatic heterocycles. The Bertz CT molecular complexity index is 997. The van der Waals surface area contributed by atoms with Gasteiger partial charge < -0.3 is 20.4 Å². The Morgan fingerprint density at radius 1 is 0.844 bits per heavy atom. The van der Waals surface area contributed by atoms with Crippen LogP contribution in [0.15, 0.2) is 42.5 Å². The third-order valence-corrected chi connectivity index (χ3v) is 4.93. The molecule has 0 bridgehead atoms. The zero-order chi connectivity index (χ0) is 23.5. The maximum absolute atomic E-state index is 13.0. The quantitative estimate of drug-likeness (QED) is 0.749. The van der Waals surface area contributed by atoms with Gasteiger partial charge in [-0.3, -0.25) is 14.4 Å². The molecule has 2 N–H and O–H groups in total. The van der Waals surface area contributed by atoms with E-state index in [9.17, 15) is 27.6 Å². The van der Waals surface area contributed by atoms with Crippen molar-refractivity contribution >= 4 is 34.8 Å². The highest BCUT2D eigenvalue weighted by atomic mass is 19.4. The second-order valence-corrected chi connectivity index (χ2v) is 7.49. The van der Waals surface area contributed by atoms with Crippen LogP contribution >= 0.6 is 0 Å². The van der Waals surface area contributed by atoms with E-state index in [0.717, 1.165) is 12.1 Å². The summed E-state index contributed by atoms with van der Waals surface area (Å²) in [6, 6.07) is 9.70.